The van der Waals surface area contributed by atoms with Crippen molar-refractivity contribution in [3.63, 3.8) is 0 Å². The van der Waals surface area contributed by atoms with Gasteiger partial charge in [-0.1, -0.05) is 0 Å². The number of thiocarbonyl (C=S) groups is 1. The molecule has 1 atom stereocenters. The van der Waals surface area contributed by atoms with Gasteiger partial charge in [0.25, 0.3) is 0 Å². The molecule has 2 heterocycles. The van der Waals surface area contributed by atoms with E-state index in [9.17, 15) is 0 Å². The fourth-order valence-corrected chi connectivity index (χ4v) is 2.51. The largest absolute Gasteiger partial charge is 0.486 e. The van der Waals surface area contributed by atoms with E-state index in [1.807, 2.05) is 18.2 Å². The lowest BCUT2D eigenvalue weighted by atomic mass is 10.2. The Morgan fingerprint density at radius 1 is 1.20 bits per heavy atom. The molecule has 108 valence electrons. The molecule has 6 heteroatoms. The summed E-state index contributed by atoms with van der Waals surface area (Å²) in [6.07, 6.45) is 2.50. The van der Waals surface area contributed by atoms with Gasteiger partial charge in [-0.25, -0.2) is 0 Å². The molecule has 0 spiro atoms. The Labute approximate surface area is 123 Å². The number of anilines is 1. The normalized spacial score (nSPS) is 20.5. The van der Waals surface area contributed by atoms with Crippen molar-refractivity contribution in [2.45, 2.75) is 18.9 Å². The zero-order valence-electron chi connectivity index (χ0n) is 11.2. The molecule has 0 unspecified atom stereocenters. The summed E-state index contributed by atoms with van der Waals surface area (Å²) >= 11 is 5.28. The van der Waals surface area contributed by atoms with Crippen LogP contribution in [0.4, 0.5) is 5.69 Å². The molecule has 2 aliphatic heterocycles. The minimum atomic E-state index is 0.273. The van der Waals surface area contributed by atoms with E-state index in [0.29, 0.717) is 18.3 Å². The van der Waals surface area contributed by atoms with E-state index in [2.05, 4.69) is 10.6 Å². The number of rotatable bonds is 3. The Kier molecular flexibility index (Phi) is 4.22. The molecular weight excluding hydrogens is 276 g/mol. The van der Waals surface area contributed by atoms with Crippen molar-refractivity contribution in [3.05, 3.63) is 18.2 Å². The number of fused-ring (bicyclic) bond motifs is 1. The molecule has 0 bridgehead atoms. The second-order valence-corrected chi connectivity index (χ2v) is 5.24. The van der Waals surface area contributed by atoms with E-state index in [4.69, 9.17) is 26.4 Å². The van der Waals surface area contributed by atoms with Crippen LogP contribution in [0.1, 0.15) is 12.8 Å². The lowest BCUT2D eigenvalue weighted by Gasteiger charge is -2.19. The van der Waals surface area contributed by atoms with Crippen LogP contribution in [0.15, 0.2) is 18.2 Å². The molecule has 1 aromatic rings. The Hall–Kier alpha value is -1.53. The molecule has 5 nitrogen and oxygen atoms in total. The van der Waals surface area contributed by atoms with Crippen LogP contribution < -0.4 is 20.1 Å². The van der Waals surface area contributed by atoms with Gasteiger partial charge in [0.1, 0.15) is 13.2 Å². The zero-order chi connectivity index (χ0) is 13.8. The van der Waals surface area contributed by atoms with E-state index in [1.54, 1.807) is 0 Å². The van der Waals surface area contributed by atoms with Crippen LogP contribution in [0, 0.1) is 0 Å². The van der Waals surface area contributed by atoms with Crippen LogP contribution in [0.25, 0.3) is 0 Å². The quantitative estimate of drug-likeness (QED) is 0.831. The summed E-state index contributed by atoms with van der Waals surface area (Å²) in [4.78, 5) is 0. The average Bonchev–Trinajstić information content (AvgIpc) is 2.98. The maximum Gasteiger partial charge on any atom is 0.170 e. The molecule has 2 N–H and O–H groups in total. The summed E-state index contributed by atoms with van der Waals surface area (Å²) in [5, 5.41) is 6.92. The van der Waals surface area contributed by atoms with Gasteiger partial charge in [-0.05, 0) is 37.2 Å². The molecule has 20 heavy (non-hydrogen) atoms. The molecule has 1 saturated heterocycles. The lowest BCUT2D eigenvalue weighted by Crippen LogP contribution is -2.34. The van der Waals surface area contributed by atoms with E-state index in [-0.39, 0.29) is 6.10 Å². The van der Waals surface area contributed by atoms with Gasteiger partial charge in [0.15, 0.2) is 16.6 Å². The minimum Gasteiger partial charge on any atom is -0.486 e. The van der Waals surface area contributed by atoms with Crippen molar-refractivity contribution >= 4 is 23.0 Å². The molecule has 0 aliphatic carbocycles. The highest BCUT2D eigenvalue weighted by molar-refractivity contribution is 7.80. The predicted octanol–water partition coefficient (Wildman–Crippen LogP) is 1.92. The van der Waals surface area contributed by atoms with Gasteiger partial charge >= 0.3 is 0 Å². The Morgan fingerprint density at radius 2 is 2.05 bits per heavy atom. The van der Waals surface area contributed by atoms with E-state index < -0.39 is 0 Å². The first-order valence-electron chi connectivity index (χ1n) is 6.87. The molecule has 0 amide bonds. The number of ether oxygens (including phenoxy) is 3. The van der Waals surface area contributed by atoms with Gasteiger partial charge < -0.3 is 24.8 Å². The van der Waals surface area contributed by atoms with Gasteiger partial charge in [0.2, 0.25) is 0 Å². The smallest absolute Gasteiger partial charge is 0.170 e. The van der Waals surface area contributed by atoms with Gasteiger partial charge in [0, 0.05) is 24.9 Å². The number of hydrogen-bond donors (Lipinski definition) is 2. The SMILES string of the molecule is S=C(NC[C@H]1CCCO1)Nc1ccc2c(c1)OCCO2. The highest BCUT2D eigenvalue weighted by Gasteiger charge is 2.16. The molecule has 2 aliphatic rings. The van der Waals surface area contributed by atoms with E-state index in [0.717, 1.165) is 43.2 Å². The molecule has 3 rings (SSSR count). The zero-order valence-corrected chi connectivity index (χ0v) is 12.0. The second-order valence-electron chi connectivity index (χ2n) is 4.83. The highest BCUT2D eigenvalue weighted by Crippen LogP contribution is 2.32. The highest BCUT2D eigenvalue weighted by atomic mass is 32.1. The number of hydrogen-bond acceptors (Lipinski definition) is 4. The van der Waals surface area contributed by atoms with Crippen molar-refractivity contribution < 1.29 is 14.2 Å². The standard InChI is InChI=1S/C14H18N2O3S/c20-14(15-9-11-2-1-5-17-11)16-10-3-4-12-13(8-10)19-7-6-18-12/h3-4,8,11H,1-2,5-7,9H2,(H2,15,16,20)/t11-/m1/s1. The van der Waals surface area contributed by atoms with Crippen LogP contribution >= 0.6 is 12.2 Å². The van der Waals surface area contributed by atoms with Crippen LogP contribution in [0.3, 0.4) is 0 Å². The summed E-state index contributed by atoms with van der Waals surface area (Å²) in [5.41, 5.74) is 0.888. The Morgan fingerprint density at radius 3 is 2.85 bits per heavy atom. The lowest BCUT2D eigenvalue weighted by molar-refractivity contribution is 0.114. The molecule has 0 aromatic heterocycles. The fourth-order valence-electron chi connectivity index (χ4n) is 2.31. The van der Waals surface area contributed by atoms with E-state index in [1.165, 1.54) is 0 Å². The van der Waals surface area contributed by atoms with E-state index >= 15 is 0 Å². The molecule has 1 fully saturated rings. The Balaban J connectivity index is 1.52. The van der Waals surface area contributed by atoms with Crippen molar-refractivity contribution in [2.24, 2.45) is 0 Å². The first-order valence-corrected chi connectivity index (χ1v) is 7.28. The number of benzene rings is 1. The van der Waals surface area contributed by atoms with Crippen LogP contribution in [0.5, 0.6) is 11.5 Å². The van der Waals surface area contributed by atoms with Gasteiger partial charge in [-0.15, -0.1) is 0 Å². The summed E-state index contributed by atoms with van der Waals surface area (Å²) in [7, 11) is 0. The third kappa shape index (κ3) is 3.32. The van der Waals surface area contributed by atoms with Crippen molar-refractivity contribution in [1.29, 1.82) is 0 Å². The predicted molar refractivity (Wildman–Crippen MR) is 80.6 cm³/mol. The summed E-state index contributed by atoms with van der Waals surface area (Å²) in [6.45, 7) is 2.78. The van der Waals surface area contributed by atoms with Gasteiger partial charge in [0.05, 0.1) is 6.10 Å². The number of nitrogens with one attached hydrogen (secondary N) is 2. The van der Waals surface area contributed by atoms with Crippen LogP contribution in [-0.4, -0.2) is 37.6 Å². The maximum atomic E-state index is 5.54. The maximum absolute atomic E-state index is 5.54. The van der Waals surface area contributed by atoms with Gasteiger partial charge in [-0.2, -0.15) is 0 Å². The molecular formula is C14H18N2O3S. The van der Waals surface area contributed by atoms with Gasteiger partial charge in [-0.3, -0.25) is 0 Å². The average molecular weight is 294 g/mol. The molecule has 0 radical (unpaired) electrons. The Bertz CT molecular complexity index is 489. The van der Waals surface area contributed by atoms with Crippen molar-refractivity contribution in [1.82, 2.24) is 5.32 Å². The van der Waals surface area contributed by atoms with Crippen LogP contribution in [0.2, 0.25) is 0 Å². The topological polar surface area (TPSA) is 51.8 Å². The summed E-state index contributed by atoms with van der Waals surface area (Å²) < 4.78 is 16.6. The first kappa shape index (κ1) is 13.5. The first-order chi connectivity index (χ1) is 9.81. The fraction of sp³-hybridized carbons (Fsp3) is 0.500. The van der Waals surface area contributed by atoms with Crippen LogP contribution in [-0.2, 0) is 4.74 Å². The van der Waals surface area contributed by atoms with Crippen molar-refractivity contribution in [2.75, 3.05) is 31.7 Å². The minimum absolute atomic E-state index is 0.273. The third-order valence-corrected chi connectivity index (χ3v) is 3.56. The third-order valence-electron chi connectivity index (χ3n) is 3.31. The van der Waals surface area contributed by atoms with Crippen molar-refractivity contribution in [3.8, 4) is 11.5 Å². The monoisotopic (exact) mass is 294 g/mol. The molecule has 1 aromatic carbocycles. The summed E-state index contributed by atoms with van der Waals surface area (Å²) in [6, 6.07) is 5.71. The summed E-state index contributed by atoms with van der Waals surface area (Å²) in [5.74, 6) is 1.53. The second kappa shape index (κ2) is 6.28. The molecule has 0 saturated carbocycles.